The first-order valence-electron chi connectivity index (χ1n) is 8.11. The minimum absolute atomic E-state index is 0.110. The van der Waals surface area contributed by atoms with Crippen LogP contribution in [0, 0.1) is 0 Å². The van der Waals surface area contributed by atoms with Gasteiger partial charge in [0.2, 0.25) is 10.0 Å². The highest BCUT2D eigenvalue weighted by Crippen LogP contribution is 2.21. The summed E-state index contributed by atoms with van der Waals surface area (Å²) in [6, 6.07) is 14.9. The Morgan fingerprint density at radius 1 is 1.08 bits per heavy atom. The number of anilines is 1. The van der Waals surface area contributed by atoms with Gasteiger partial charge in [0, 0.05) is 24.3 Å². The van der Waals surface area contributed by atoms with Crippen LogP contribution >= 0.6 is 0 Å². The van der Waals surface area contributed by atoms with Gasteiger partial charge in [-0.05, 0) is 49.2 Å². The largest absolute Gasteiger partial charge is 0.392 e. The predicted molar refractivity (Wildman–Crippen MR) is 94.8 cm³/mol. The van der Waals surface area contributed by atoms with E-state index in [0.29, 0.717) is 30.6 Å². The highest BCUT2D eigenvalue weighted by molar-refractivity contribution is 7.89. The number of piperidine rings is 1. The van der Waals surface area contributed by atoms with Gasteiger partial charge in [-0.2, -0.15) is 4.31 Å². The number of carbonyl (C=O) groups is 1. The van der Waals surface area contributed by atoms with Gasteiger partial charge in [0.05, 0.1) is 11.0 Å². The Kier molecular flexibility index (Phi) is 5.17. The molecular formula is C18H20N2O4S. The van der Waals surface area contributed by atoms with Gasteiger partial charge in [0.15, 0.2) is 0 Å². The third-order valence-electron chi connectivity index (χ3n) is 4.15. The Hall–Kier alpha value is -2.22. The molecule has 0 saturated carbocycles. The third-order valence-corrected chi connectivity index (χ3v) is 6.02. The molecule has 1 aliphatic rings. The number of nitrogens with zero attached hydrogens (tertiary/aromatic N) is 1. The summed E-state index contributed by atoms with van der Waals surface area (Å²) in [5.41, 5.74) is 1.05. The first-order valence-corrected chi connectivity index (χ1v) is 9.55. The molecule has 25 heavy (non-hydrogen) atoms. The fourth-order valence-corrected chi connectivity index (χ4v) is 4.31. The van der Waals surface area contributed by atoms with Gasteiger partial charge >= 0.3 is 0 Å². The van der Waals surface area contributed by atoms with Gasteiger partial charge in [0.25, 0.3) is 5.91 Å². The van der Waals surface area contributed by atoms with Crippen molar-refractivity contribution in [3.05, 3.63) is 60.2 Å². The lowest BCUT2D eigenvalue weighted by molar-refractivity contribution is 0.102. The van der Waals surface area contributed by atoms with E-state index in [2.05, 4.69) is 5.32 Å². The average molecular weight is 360 g/mol. The summed E-state index contributed by atoms with van der Waals surface area (Å²) < 4.78 is 26.5. The smallest absolute Gasteiger partial charge is 0.255 e. The third kappa shape index (κ3) is 4.07. The standard InChI is InChI=1S/C18H20N2O4S/c21-16-7-4-12-20(13-16)25(23,24)17-10-8-14(9-11-17)18(22)19-15-5-2-1-3-6-15/h1-3,5-6,8-11,16,21H,4,7,12-13H2,(H,19,22). The van der Waals surface area contributed by atoms with Crippen molar-refractivity contribution in [1.29, 1.82) is 0 Å². The molecule has 2 aromatic rings. The summed E-state index contributed by atoms with van der Waals surface area (Å²) in [7, 11) is -3.65. The molecule has 0 radical (unpaired) electrons. The first-order chi connectivity index (χ1) is 12.0. The Labute approximate surface area is 147 Å². The van der Waals surface area contributed by atoms with E-state index in [0.717, 1.165) is 0 Å². The Morgan fingerprint density at radius 2 is 1.76 bits per heavy atom. The van der Waals surface area contributed by atoms with Gasteiger partial charge in [-0.15, -0.1) is 0 Å². The van der Waals surface area contributed by atoms with Crippen molar-refractivity contribution < 1.29 is 18.3 Å². The molecule has 0 spiro atoms. The van der Waals surface area contributed by atoms with E-state index in [9.17, 15) is 18.3 Å². The molecule has 1 amide bonds. The highest BCUT2D eigenvalue weighted by atomic mass is 32.2. The lowest BCUT2D eigenvalue weighted by Crippen LogP contribution is -2.42. The number of aliphatic hydroxyl groups is 1. The van der Waals surface area contributed by atoms with Gasteiger partial charge < -0.3 is 10.4 Å². The normalized spacial score (nSPS) is 18.7. The summed E-state index contributed by atoms with van der Waals surface area (Å²) in [4.78, 5) is 12.3. The molecule has 0 aromatic heterocycles. The number of benzene rings is 2. The maximum absolute atomic E-state index is 12.6. The molecule has 1 unspecified atom stereocenters. The first kappa shape index (κ1) is 17.6. The van der Waals surface area contributed by atoms with E-state index in [4.69, 9.17) is 0 Å². The molecule has 1 saturated heterocycles. The second-order valence-corrected chi connectivity index (χ2v) is 7.94. The van der Waals surface area contributed by atoms with Crippen molar-refractivity contribution in [3.8, 4) is 0 Å². The lowest BCUT2D eigenvalue weighted by atomic mass is 10.1. The number of rotatable bonds is 4. The van der Waals surface area contributed by atoms with Gasteiger partial charge in [-0.1, -0.05) is 18.2 Å². The van der Waals surface area contributed by atoms with Crippen LogP contribution in [0.25, 0.3) is 0 Å². The van der Waals surface area contributed by atoms with Crippen LogP contribution < -0.4 is 5.32 Å². The predicted octanol–water partition coefficient (Wildman–Crippen LogP) is 2.08. The van der Waals surface area contributed by atoms with Crippen LogP contribution in [0.15, 0.2) is 59.5 Å². The van der Waals surface area contributed by atoms with Crippen molar-refractivity contribution in [2.24, 2.45) is 0 Å². The monoisotopic (exact) mass is 360 g/mol. The maximum Gasteiger partial charge on any atom is 0.255 e. The van der Waals surface area contributed by atoms with Crippen molar-refractivity contribution in [3.63, 3.8) is 0 Å². The number of hydrogen-bond acceptors (Lipinski definition) is 4. The topological polar surface area (TPSA) is 86.7 Å². The average Bonchev–Trinajstić information content (AvgIpc) is 2.62. The van der Waals surface area contributed by atoms with Crippen molar-refractivity contribution in [2.45, 2.75) is 23.8 Å². The number of hydrogen-bond donors (Lipinski definition) is 2. The van der Waals surface area contributed by atoms with Gasteiger partial charge in [0.1, 0.15) is 0 Å². The van der Waals surface area contributed by atoms with Crippen molar-refractivity contribution in [1.82, 2.24) is 4.31 Å². The zero-order valence-corrected chi connectivity index (χ0v) is 14.4. The minimum Gasteiger partial charge on any atom is -0.392 e. The van der Waals surface area contributed by atoms with Crippen LogP contribution in [0.2, 0.25) is 0 Å². The SMILES string of the molecule is O=C(Nc1ccccc1)c1ccc(S(=O)(=O)N2CCCC(O)C2)cc1. The molecule has 0 aliphatic carbocycles. The number of para-hydroxylation sites is 1. The summed E-state index contributed by atoms with van der Waals surface area (Å²) in [5, 5.41) is 12.4. The Balaban J connectivity index is 1.74. The van der Waals surface area contributed by atoms with Crippen LogP contribution in [0.4, 0.5) is 5.69 Å². The summed E-state index contributed by atoms with van der Waals surface area (Å²) in [6.45, 7) is 0.508. The number of carbonyl (C=O) groups excluding carboxylic acids is 1. The van der Waals surface area contributed by atoms with Gasteiger partial charge in [-0.25, -0.2) is 8.42 Å². The van der Waals surface area contributed by atoms with E-state index < -0.39 is 16.1 Å². The quantitative estimate of drug-likeness (QED) is 0.874. The second kappa shape index (κ2) is 7.35. The zero-order valence-electron chi connectivity index (χ0n) is 13.6. The molecule has 6 nitrogen and oxygen atoms in total. The summed E-state index contributed by atoms with van der Waals surface area (Å²) in [6.07, 6.45) is 0.627. The number of aliphatic hydroxyl groups excluding tert-OH is 1. The summed E-state index contributed by atoms with van der Waals surface area (Å²) in [5.74, 6) is -0.302. The molecule has 7 heteroatoms. The second-order valence-electron chi connectivity index (χ2n) is 6.00. The molecule has 1 aliphatic heterocycles. The molecule has 0 bridgehead atoms. The van der Waals surface area contributed by atoms with E-state index in [1.54, 1.807) is 12.1 Å². The van der Waals surface area contributed by atoms with Crippen molar-refractivity contribution >= 4 is 21.6 Å². The zero-order chi connectivity index (χ0) is 17.9. The van der Waals surface area contributed by atoms with E-state index in [1.807, 2.05) is 18.2 Å². The molecule has 3 rings (SSSR count). The maximum atomic E-state index is 12.6. The van der Waals surface area contributed by atoms with Crippen LogP contribution in [0.3, 0.4) is 0 Å². The van der Waals surface area contributed by atoms with E-state index in [1.165, 1.54) is 28.6 Å². The lowest BCUT2D eigenvalue weighted by Gasteiger charge is -2.29. The van der Waals surface area contributed by atoms with Crippen LogP contribution in [0.1, 0.15) is 23.2 Å². The van der Waals surface area contributed by atoms with Gasteiger partial charge in [-0.3, -0.25) is 4.79 Å². The van der Waals surface area contributed by atoms with Crippen LogP contribution in [0.5, 0.6) is 0 Å². The van der Waals surface area contributed by atoms with Crippen molar-refractivity contribution in [2.75, 3.05) is 18.4 Å². The summed E-state index contributed by atoms with van der Waals surface area (Å²) >= 11 is 0. The van der Waals surface area contributed by atoms with Crippen LogP contribution in [-0.4, -0.2) is 42.9 Å². The molecule has 1 fully saturated rings. The Morgan fingerprint density at radius 3 is 2.40 bits per heavy atom. The minimum atomic E-state index is -3.65. The number of β-amino-alcohol motifs (C(OH)–C–C–N with tert-alkyl or cyclic N) is 1. The molecular weight excluding hydrogens is 340 g/mol. The molecule has 2 N–H and O–H groups in total. The van der Waals surface area contributed by atoms with E-state index >= 15 is 0 Å². The molecule has 1 heterocycles. The number of nitrogens with one attached hydrogen (secondary N) is 1. The molecule has 132 valence electrons. The van der Waals surface area contributed by atoms with Crippen LogP contribution in [-0.2, 0) is 10.0 Å². The number of amides is 1. The fourth-order valence-electron chi connectivity index (χ4n) is 2.79. The van der Waals surface area contributed by atoms with E-state index in [-0.39, 0.29) is 17.3 Å². The molecule has 1 atom stereocenters. The fraction of sp³-hybridized carbons (Fsp3) is 0.278. The highest BCUT2D eigenvalue weighted by Gasteiger charge is 2.29. The number of sulfonamides is 1. The molecule has 2 aromatic carbocycles. The Bertz CT molecular complexity index is 835.